The van der Waals surface area contributed by atoms with E-state index >= 15 is 0 Å². The molecule has 37 heavy (non-hydrogen) atoms. The average molecular weight is 499 g/mol. The van der Waals surface area contributed by atoms with Crippen LogP contribution < -0.4 is 10.1 Å². The molecule has 6 rings (SSSR count). The van der Waals surface area contributed by atoms with Crippen molar-refractivity contribution in [2.75, 3.05) is 39.4 Å². The minimum absolute atomic E-state index is 0.464. The molecule has 1 amide bonds. The summed E-state index contributed by atoms with van der Waals surface area (Å²) in [6.45, 7) is 7.42. The molecule has 2 aliphatic rings. The van der Waals surface area contributed by atoms with Crippen molar-refractivity contribution < 1.29 is 14.3 Å². The molecular weight excluding hydrogens is 468 g/mol. The fourth-order valence-electron chi connectivity index (χ4n) is 5.16. The van der Waals surface area contributed by atoms with Crippen LogP contribution in [-0.4, -0.2) is 70.1 Å². The molecule has 0 atom stereocenters. The first-order chi connectivity index (χ1) is 18.2. The van der Waals surface area contributed by atoms with Gasteiger partial charge >= 0.3 is 6.09 Å². The largest absolute Gasteiger partial charge is 0.412 e. The number of aromatic nitrogens is 4. The van der Waals surface area contributed by atoms with Gasteiger partial charge in [0, 0.05) is 61.3 Å². The van der Waals surface area contributed by atoms with Crippen LogP contribution >= 0.6 is 0 Å². The average Bonchev–Trinajstić information content (AvgIpc) is 3.51. The lowest BCUT2D eigenvalue weighted by molar-refractivity contribution is 0.0385. The molecule has 0 spiro atoms. The first kappa shape index (κ1) is 23.6. The Labute approximate surface area is 215 Å². The van der Waals surface area contributed by atoms with Gasteiger partial charge in [-0.2, -0.15) is 5.10 Å². The van der Waals surface area contributed by atoms with Gasteiger partial charge in [-0.3, -0.25) is 19.5 Å². The van der Waals surface area contributed by atoms with Crippen molar-refractivity contribution in [3.8, 4) is 28.3 Å². The Bertz CT molecular complexity index is 1440. The van der Waals surface area contributed by atoms with Gasteiger partial charge in [0.05, 0.1) is 24.4 Å². The minimum atomic E-state index is -0.464. The molecule has 0 radical (unpaired) electrons. The summed E-state index contributed by atoms with van der Waals surface area (Å²) in [6.07, 6.45) is 3.39. The number of nitrogens with zero attached hydrogens (tertiary/aromatic N) is 5. The molecular formula is C28H30N6O3. The van der Waals surface area contributed by atoms with Gasteiger partial charge in [0.15, 0.2) is 0 Å². The second-order valence-electron chi connectivity index (χ2n) is 9.47. The van der Waals surface area contributed by atoms with E-state index in [0.29, 0.717) is 12.3 Å². The topological polar surface area (TPSA) is 94.4 Å². The summed E-state index contributed by atoms with van der Waals surface area (Å²) in [5, 5.41) is 8.73. The predicted molar refractivity (Wildman–Crippen MR) is 141 cm³/mol. The predicted octanol–water partition coefficient (Wildman–Crippen LogP) is 3.84. The monoisotopic (exact) mass is 498 g/mol. The number of benzene rings is 1. The van der Waals surface area contributed by atoms with Crippen LogP contribution in [0.1, 0.15) is 17.8 Å². The first-order valence-electron chi connectivity index (χ1n) is 12.8. The number of fused-ring (bicyclic) bond motifs is 2. The Hall–Kier alpha value is -3.82. The summed E-state index contributed by atoms with van der Waals surface area (Å²) < 4.78 is 13.1. The summed E-state index contributed by atoms with van der Waals surface area (Å²) in [5.74, 6) is 0.477. The maximum atomic E-state index is 12.5. The van der Waals surface area contributed by atoms with E-state index in [9.17, 15) is 4.79 Å². The lowest BCUT2D eigenvalue weighted by Crippen LogP contribution is -2.41. The normalized spacial score (nSPS) is 15.6. The highest BCUT2D eigenvalue weighted by Crippen LogP contribution is 2.40. The summed E-state index contributed by atoms with van der Waals surface area (Å²) in [7, 11) is 0. The van der Waals surface area contributed by atoms with Crippen molar-refractivity contribution in [2.45, 2.75) is 26.3 Å². The summed E-state index contributed by atoms with van der Waals surface area (Å²) in [5.41, 5.74) is 6.81. The minimum Gasteiger partial charge on any atom is -0.410 e. The van der Waals surface area contributed by atoms with Crippen LogP contribution in [0.3, 0.4) is 0 Å². The fraction of sp³-hybridized carbons (Fsp3) is 0.357. The number of hydrogen-bond acceptors (Lipinski definition) is 7. The highest BCUT2D eigenvalue weighted by Gasteiger charge is 2.26. The molecule has 190 valence electrons. The van der Waals surface area contributed by atoms with Crippen molar-refractivity contribution in [2.24, 2.45) is 0 Å². The van der Waals surface area contributed by atoms with Gasteiger partial charge in [-0.1, -0.05) is 6.07 Å². The molecule has 0 aliphatic carbocycles. The zero-order valence-corrected chi connectivity index (χ0v) is 20.9. The Kier molecular flexibility index (Phi) is 6.55. The van der Waals surface area contributed by atoms with Crippen molar-refractivity contribution in [1.29, 1.82) is 0 Å². The molecule has 1 aromatic carbocycles. The van der Waals surface area contributed by atoms with Crippen LogP contribution in [-0.2, 0) is 17.7 Å². The highest BCUT2D eigenvalue weighted by molar-refractivity contribution is 5.99. The van der Waals surface area contributed by atoms with Gasteiger partial charge in [-0.15, -0.1) is 0 Å². The van der Waals surface area contributed by atoms with E-state index in [1.54, 1.807) is 6.07 Å². The van der Waals surface area contributed by atoms with Crippen LogP contribution in [0.2, 0.25) is 0 Å². The van der Waals surface area contributed by atoms with Crippen LogP contribution in [0.25, 0.3) is 33.4 Å². The van der Waals surface area contributed by atoms with Crippen molar-refractivity contribution >= 4 is 17.0 Å². The molecule has 3 aromatic heterocycles. The van der Waals surface area contributed by atoms with Crippen LogP contribution in [0.4, 0.5) is 4.79 Å². The number of amides is 1. The zero-order valence-electron chi connectivity index (χ0n) is 20.9. The van der Waals surface area contributed by atoms with E-state index in [1.165, 1.54) is 5.69 Å². The number of nitrogens with one attached hydrogen (secondary N) is 1. The smallest absolute Gasteiger partial charge is 0.410 e. The molecule has 2 aliphatic heterocycles. The third-order valence-corrected chi connectivity index (χ3v) is 6.97. The van der Waals surface area contributed by atoms with Gasteiger partial charge in [0.1, 0.15) is 11.4 Å². The number of carbonyl (C=O) groups is 1. The molecule has 0 bridgehead atoms. The molecule has 1 N–H and O–H groups in total. The van der Waals surface area contributed by atoms with E-state index in [2.05, 4.69) is 19.9 Å². The maximum absolute atomic E-state index is 12.5. The first-order valence-corrected chi connectivity index (χ1v) is 12.8. The van der Waals surface area contributed by atoms with Crippen LogP contribution in [0, 0.1) is 6.92 Å². The molecule has 1 saturated heterocycles. The number of rotatable bonds is 6. The fourth-order valence-corrected chi connectivity index (χ4v) is 5.16. The Morgan fingerprint density at radius 3 is 2.89 bits per heavy atom. The number of carbonyl (C=O) groups excluding carboxylic acids is 1. The molecule has 0 saturated carbocycles. The van der Waals surface area contributed by atoms with Crippen LogP contribution in [0.15, 0.2) is 48.7 Å². The Morgan fingerprint density at radius 1 is 1.14 bits per heavy atom. The summed E-state index contributed by atoms with van der Waals surface area (Å²) >= 11 is 0. The van der Waals surface area contributed by atoms with Crippen molar-refractivity contribution in [1.82, 2.24) is 30.0 Å². The molecule has 1 fully saturated rings. The molecule has 9 nitrogen and oxygen atoms in total. The summed E-state index contributed by atoms with van der Waals surface area (Å²) in [4.78, 5) is 24.1. The number of aryl methyl sites for hydroxylation is 2. The number of hydrogen-bond donors (Lipinski definition) is 1. The van der Waals surface area contributed by atoms with Gasteiger partial charge in [0.25, 0.3) is 0 Å². The highest BCUT2D eigenvalue weighted by atomic mass is 16.6. The third-order valence-electron chi connectivity index (χ3n) is 6.97. The van der Waals surface area contributed by atoms with Crippen molar-refractivity contribution in [3.63, 3.8) is 0 Å². The standard InChI is InChI=1S/C28H30N6O3/c1-19-4-2-5-24(31-19)27-26(25-6-3-12-34(25)32-27)21-9-10-29-23-8-7-20(18-22(21)23)37-28(35)30-11-13-33-14-16-36-17-15-33/h2,4-5,7-10,18H,3,6,11-17H2,1H3,(H,30,35). The van der Waals surface area contributed by atoms with E-state index in [-0.39, 0.29) is 0 Å². The summed E-state index contributed by atoms with van der Waals surface area (Å²) in [6, 6.07) is 13.6. The number of morpholine rings is 1. The Morgan fingerprint density at radius 2 is 2.03 bits per heavy atom. The SMILES string of the molecule is Cc1cccc(-c2nn3c(c2-c2ccnc4ccc(OC(=O)NCCN5CCOCC5)cc24)CCC3)n1. The quantitative estimate of drug-likeness (QED) is 0.432. The molecule has 0 unspecified atom stereocenters. The lowest BCUT2D eigenvalue weighted by Gasteiger charge is -2.26. The number of ether oxygens (including phenoxy) is 2. The number of pyridine rings is 2. The maximum Gasteiger partial charge on any atom is 0.412 e. The van der Waals surface area contributed by atoms with Gasteiger partial charge < -0.3 is 14.8 Å². The zero-order chi connectivity index (χ0) is 25.2. The van der Waals surface area contributed by atoms with Gasteiger partial charge in [0.2, 0.25) is 0 Å². The van der Waals surface area contributed by atoms with Gasteiger partial charge in [-0.05, 0) is 61.7 Å². The second kappa shape index (κ2) is 10.3. The lowest BCUT2D eigenvalue weighted by atomic mass is 9.96. The van der Waals surface area contributed by atoms with E-state index in [0.717, 1.165) is 91.3 Å². The molecule has 9 heteroatoms. The van der Waals surface area contributed by atoms with Crippen molar-refractivity contribution in [3.05, 3.63) is 60.0 Å². The van der Waals surface area contributed by atoms with E-state index in [1.807, 2.05) is 49.5 Å². The van der Waals surface area contributed by atoms with Crippen LogP contribution in [0.5, 0.6) is 5.75 Å². The Balaban J connectivity index is 1.29. The molecule has 5 heterocycles. The van der Waals surface area contributed by atoms with E-state index in [4.69, 9.17) is 19.6 Å². The van der Waals surface area contributed by atoms with E-state index < -0.39 is 6.09 Å². The van der Waals surface area contributed by atoms with Gasteiger partial charge in [-0.25, -0.2) is 4.79 Å². The second-order valence-corrected chi connectivity index (χ2v) is 9.47. The molecule has 4 aromatic rings. The third kappa shape index (κ3) is 4.92.